The van der Waals surface area contributed by atoms with Gasteiger partial charge in [0.15, 0.2) is 0 Å². The van der Waals surface area contributed by atoms with E-state index in [1.807, 2.05) is 31.4 Å². The number of hydrogen-bond donors (Lipinski definition) is 3. The van der Waals surface area contributed by atoms with Crippen molar-refractivity contribution in [2.75, 3.05) is 6.54 Å². The second-order valence-corrected chi connectivity index (χ2v) is 6.27. The average molecular weight is 298 g/mol. The molecular weight excluding hydrogens is 276 g/mol. The van der Waals surface area contributed by atoms with Gasteiger partial charge in [-0.05, 0) is 29.7 Å². The fourth-order valence-corrected chi connectivity index (χ4v) is 2.68. The molecule has 112 valence electrons. The van der Waals surface area contributed by atoms with Crippen LogP contribution in [-0.4, -0.2) is 23.7 Å². The first-order valence-corrected chi connectivity index (χ1v) is 7.61. The maximum atomic E-state index is 11.6. The minimum absolute atomic E-state index is 0.0278. The van der Waals surface area contributed by atoms with Gasteiger partial charge in [-0.25, -0.2) is 4.79 Å². The number of rotatable bonds is 8. The third kappa shape index (κ3) is 7.13. The standard InChI is InChI=1S/C14H22N2O3S/c1-10(2)6-11(7-13(17)18)8-15-14(19)16-9-12-4-3-5-20-12/h3-5,10-11H,6-9H2,1-2H3,(H,17,18)(H2,15,16,19). The Bertz CT molecular complexity index is 418. The van der Waals surface area contributed by atoms with Crippen LogP contribution < -0.4 is 10.6 Å². The van der Waals surface area contributed by atoms with Crippen LogP contribution in [0.15, 0.2) is 17.5 Å². The van der Waals surface area contributed by atoms with Crippen LogP contribution in [0.1, 0.15) is 31.6 Å². The van der Waals surface area contributed by atoms with Crippen LogP contribution in [0, 0.1) is 11.8 Å². The average Bonchev–Trinajstić information content (AvgIpc) is 2.85. The van der Waals surface area contributed by atoms with E-state index in [-0.39, 0.29) is 18.4 Å². The van der Waals surface area contributed by atoms with E-state index in [2.05, 4.69) is 10.6 Å². The van der Waals surface area contributed by atoms with Crippen molar-refractivity contribution in [2.24, 2.45) is 11.8 Å². The largest absolute Gasteiger partial charge is 0.481 e. The van der Waals surface area contributed by atoms with Gasteiger partial charge in [-0.15, -0.1) is 11.3 Å². The molecule has 0 aromatic carbocycles. The summed E-state index contributed by atoms with van der Waals surface area (Å²) in [5.74, 6) is -0.438. The molecule has 5 nitrogen and oxygen atoms in total. The Labute approximate surface area is 123 Å². The summed E-state index contributed by atoms with van der Waals surface area (Å²) < 4.78 is 0. The summed E-state index contributed by atoms with van der Waals surface area (Å²) in [4.78, 5) is 23.5. The fraction of sp³-hybridized carbons (Fsp3) is 0.571. The summed E-state index contributed by atoms with van der Waals surface area (Å²) in [6.45, 7) is 4.98. The molecule has 0 saturated carbocycles. The number of carbonyl (C=O) groups is 2. The van der Waals surface area contributed by atoms with E-state index in [9.17, 15) is 9.59 Å². The summed E-state index contributed by atoms with van der Waals surface area (Å²) in [5, 5.41) is 16.3. The third-order valence-corrected chi connectivity index (χ3v) is 3.70. The first kappa shape index (κ1) is 16.5. The van der Waals surface area contributed by atoms with Crippen molar-refractivity contribution in [2.45, 2.75) is 33.2 Å². The second-order valence-electron chi connectivity index (χ2n) is 5.24. The molecule has 1 unspecified atom stereocenters. The van der Waals surface area contributed by atoms with Crippen molar-refractivity contribution in [3.8, 4) is 0 Å². The highest BCUT2D eigenvalue weighted by molar-refractivity contribution is 7.09. The lowest BCUT2D eigenvalue weighted by molar-refractivity contribution is -0.138. The molecule has 1 aromatic heterocycles. The van der Waals surface area contributed by atoms with Crippen LogP contribution in [0.4, 0.5) is 4.79 Å². The molecule has 1 heterocycles. The monoisotopic (exact) mass is 298 g/mol. The molecular formula is C14H22N2O3S. The van der Waals surface area contributed by atoms with E-state index in [1.165, 1.54) is 0 Å². The van der Waals surface area contributed by atoms with E-state index >= 15 is 0 Å². The normalized spacial score (nSPS) is 12.2. The van der Waals surface area contributed by atoms with Gasteiger partial charge in [0.2, 0.25) is 0 Å². The molecule has 2 amide bonds. The van der Waals surface area contributed by atoms with Crippen molar-refractivity contribution in [1.82, 2.24) is 10.6 Å². The minimum atomic E-state index is -0.823. The molecule has 6 heteroatoms. The summed E-state index contributed by atoms with van der Waals surface area (Å²) in [7, 11) is 0. The molecule has 0 aliphatic carbocycles. The minimum Gasteiger partial charge on any atom is -0.481 e. The van der Waals surface area contributed by atoms with Gasteiger partial charge in [0.25, 0.3) is 0 Å². The van der Waals surface area contributed by atoms with E-state index in [0.717, 1.165) is 11.3 Å². The zero-order valence-corrected chi connectivity index (χ0v) is 12.7. The molecule has 0 aliphatic heterocycles. The number of carboxylic acid groups (broad SMARTS) is 1. The lowest BCUT2D eigenvalue weighted by Crippen LogP contribution is -2.38. The topological polar surface area (TPSA) is 78.4 Å². The van der Waals surface area contributed by atoms with Crippen molar-refractivity contribution < 1.29 is 14.7 Å². The zero-order chi connectivity index (χ0) is 15.0. The quantitative estimate of drug-likeness (QED) is 0.690. The maximum Gasteiger partial charge on any atom is 0.315 e. The molecule has 1 atom stereocenters. The van der Waals surface area contributed by atoms with Gasteiger partial charge in [0.1, 0.15) is 0 Å². The van der Waals surface area contributed by atoms with Gasteiger partial charge in [-0.2, -0.15) is 0 Å². The van der Waals surface area contributed by atoms with Gasteiger partial charge in [-0.3, -0.25) is 4.79 Å². The lowest BCUT2D eigenvalue weighted by Gasteiger charge is -2.17. The Balaban J connectivity index is 2.30. The van der Waals surface area contributed by atoms with Gasteiger partial charge >= 0.3 is 12.0 Å². The molecule has 0 radical (unpaired) electrons. The van der Waals surface area contributed by atoms with Crippen LogP contribution in [-0.2, 0) is 11.3 Å². The number of carbonyl (C=O) groups excluding carboxylic acids is 1. The highest BCUT2D eigenvalue weighted by atomic mass is 32.1. The number of nitrogens with one attached hydrogen (secondary N) is 2. The van der Waals surface area contributed by atoms with Crippen LogP contribution in [0.3, 0.4) is 0 Å². The van der Waals surface area contributed by atoms with Gasteiger partial charge in [-0.1, -0.05) is 19.9 Å². The van der Waals surface area contributed by atoms with E-state index in [0.29, 0.717) is 19.0 Å². The summed E-state index contributed by atoms with van der Waals surface area (Å²) in [6.07, 6.45) is 0.876. The first-order valence-electron chi connectivity index (χ1n) is 6.73. The number of thiophene rings is 1. The van der Waals surface area contributed by atoms with E-state index in [1.54, 1.807) is 11.3 Å². The fourth-order valence-electron chi connectivity index (χ4n) is 2.03. The number of amides is 2. The predicted molar refractivity (Wildman–Crippen MR) is 79.8 cm³/mol. The van der Waals surface area contributed by atoms with Gasteiger partial charge in [0, 0.05) is 17.8 Å². The van der Waals surface area contributed by atoms with E-state index in [4.69, 9.17) is 5.11 Å². The van der Waals surface area contributed by atoms with E-state index < -0.39 is 5.97 Å². The summed E-state index contributed by atoms with van der Waals surface area (Å²) in [6, 6.07) is 3.64. The van der Waals surface area contributed by atoms with Crippen LogP contribution in [0.25, 0.3) is 0 Å². The molecule has 0 spiro atoms. The number of urea groups is 1. The van der Waals surface area contributed by atoms with Crippen molar-refractivity contribution in [1.29, 1.82) is 0 Å². The van der Waals surface area contributed by atoms with Crippen molar-refractivity contribution in [3.63, 3.8) is 0 Å². The maximum absolute atomic E-state index is 11.6. The Kier molecular flexibility index (Phi) is 7.08. The number of carboxylic acids is 1. The number of aliphatic carboxylic acids is 1. The number of hydrogen-bond acceptors (Lipinski definition) is 3. The van der Waals surface area contributed by atoms with Gasteiger partial charge < -0.3 is 15.7 Å². The highest BCUT2D eigenvalue weighted by Crippen LogP contribution is 2.14. The second kappa shape index (κ2) is 8.58. The van der Waals surface area contributed by atoms with Crippen molar-refractivity contribution in [3.05, 3.63) is 22.4 Å². The molecule has 0 bridgehead atoms. The zero-order valence-electron chi connectivity index (χ0n) is 11.9. The molecule has 3 N–H and O–H groups in total. The molecule has 0 fully saturated rings. The summed E-state index contributed by atoms with van der Waals surface area (Å²) in [5.41, 5.74) is 0. The molecule has 0 saturated heterocycles. The molecule has 1 aromatic rings. The SMILES string of the molecule is CC(C)CC(CNC(=O)NCc1cccs1)CC(=O)O. The lowest BCUT2D eigenvalue weighted by atomic mass is 9.94. The van der Waals surface area contributed by atoms with Crippen LogP contribution >= 0.6 is 11.3 Å². The van der Waals surface area contributed by atoms with Gasteiger partial charge in [0.05, 0.1) is 6.54 Å². The smallest absolute Gasteiger partial charge is 0.315 e. The molecule has 0 aliphatic rings. The van der Waals surface area contributed by atoms with Crippen LogP contribution in [0.5, 0.6) is 0 Å². The third-order valence-electron chi connectivity index (χ3n) is 2.82. The van der Waals surface area contributed by atoms with Crippen LogP contribution in [0.2, 0.25) is 0 Å². The summed E-state index contributed by atoms with van der Waals surface area (Å²) >= 11 is 1.59. The Morgan fingerprint density at radius 2 is 2.10 bits per heavy atom. The molecule has 1 rings (SSSR count). The highest BCUT2D eigenvalue weighted by Gasteiger charge is 2.15. The Morgan fingerprint density at radius 1 is 1.35 bits per heavy atom. The Hall–Kier alpha value is -1.56. The first-order chi connectivity index (χ1) is 9.47. The Morgan fingerprint density at radius 3 is 2.65 bits per heavy atom. The van der Waals surface area contributed by atoms with Crippen molar-refractivity contribution >= 4 is 23.3 Å². The molecule has 20 heavy (non-hydrogen) atoms. The predicted octanol–water partition coefficient (Wildman–Crippen LogP) is 2.68.